The van der Waals surface area contributed by atoms with Crippen LogP contribution in [-0.2, 0) is 20.8 Å². The Morgan fingerprint density at radius 1 is 1.04 bits per heavy atom. The number of aromatic nitrogens is 2. The summed E-state index contributed by atoms with van der Waals surface area (Å²) in [4.78, 5) is 49.4. The summed E-state index contributed by atoms with van der Waals surface area (Å²) in [6.45, 7) is 14.9. The van der Waals surface area contributed by atoms with Crippen molar-refractivity contribution in [1.82, 2.24) is 14.5 Å². The molecular weight excluding hydrogens is 638 g/mol. The number of ether oxygens (including phenoxy) is 4. The zero-order chi connectivity index (χ0) is 36.0. The fraction of sp³-hybridized carbons (Fsp3) is 0.368. The Balaban J connectivity index is 1.70. The molecular formula is C38H45N5O7. The van der Waals surface area contributed by atoms with Gasteiger partial charge in [-0.3, -0.25) is 14.5 Å². The van der Waals surface area contributed by atoms with E-state index in [1.807, 2.05) is 13.0 Å². The van der Waals surface area contributed by atoms with E-state index in [1.54, 1.807) is 88.2 Å². The zero-order valence-corrected chi connectivity index (χ0v) is 29.6. The van der Waals surface area contributed by atoms with Crippen LogP contribution in [0.5, 0.6) is 11.5 Å². The molecule has 1 N–H and O–H groups in total. The second kappa shape index (κ2) is 15.6. The number of anilines is 3. The van der Waals surface area contributed by atoms with Gasteiger partial charge in [-0.2, -0.15) is 0 Å². The number of aryl methyl sites for hydroxylation is 2. The lowest BCUT2D eigenvalue weighted by Crippen LogP contribution is -2.37. The van der Waals surface area contributed by atoms with Gasteiger partial charge >= 0.3 is 6.09 Å². The van der Waals surface area contributed by atoms with Crippen LogP contribution in [0, 0.1) is 6.92 Å². The van der Waals surface area contributed by atoms with Crippen molar-refractivity contribution in [2.24, 2.45) is 0 Å². The Morgan fingerprint density at radius 3 is 2.38 bits per heavy atom. The summed E-state index contributed by atoms with van der Waals surface area (Å²) >= 11 is 0. The Hall–Kier alpha value is -5.20. The van der Waals surface area contributed by atoms with Gasteiger partial charge in [-0.1, -0.05) is 18.7 Å². The molecule has 1 aliphatic rings. The third-order valence-corrected chi connectivity index (χ3v) is 8.30. The minimum absolute atomic E-state index is 0.215. The van der Waals surface area contributed by atoms with Crippen LogP contribution in [-0.4, -0.2) is 79.1 Å². The van der Waals surface area contributed by atoms with Gasteiger partial charge < -0.3 is 28.8 Å². The van der Waals surface area contributed by atoms with Crippen molar-refractivity contribution in [2.75, 3.05) is 57.3 Å². The molecule has 1 aliphatic heterocycles. The average Bonchev–Trinajstić information content (AvgIpc) is 3.09. The smallest absolute Gasteiger partial charge is 0.420 e. The topological polar surface area (TPSA) is 124 Å². The molecule has 0 spiro atoms. The van der Waals surface area contributed by atoms with Gasteiger partial charge in [0, 0.05) is 55.5 Å². The van der Waals surface area contributed by atoms with Gasteiger partial charge in [0.1, 0.15) is 22.9 Å². The number of carbonyl (C=O) groups is 2. The monoisotopic (exact) mass is 683 g/mol. The summed E-state index contributed by atoms with van der Waals surface area (Å²) in [7, 11) is 3.13. The second-order valence-electron chi connectivity index (χ2n) is 13.0. The van der Waals surface area contributed by atoms with E-state index in [0.29, 0.717) is 76.6 Å². The summed E-state index contributed by atoms with van der Waals surface area (Å²) in [5.74, 6) is 0.879. The van der Waals surface area contributed by atoms with Crippen LogP contribution in [0.3, 0.4) is 0 Å². The van der Waals surface area contributed by atoms with Crippen molar-refractivity contribution < 1.29 is 28.5 Å². The van der Waals surface area contributed by atoms with Crippen LogP contribution in [0.2, 0.25) is 0 Å². The number of morpholine rings is 1. The number of hydrogen-bond donors (Lipinski definition) is 1. The minimum atomic E-state index is -0.840. The zero-order valence-electron chi connectivity index (χ0n) is 29.6. The molecule has 0 atom stereocenters. The van der Waals surface area contributed by atoms with Gasteiger partial charge in [-0.15, -0.1) is 0 Å². The third kappa shape index (κ3) is 8.32. The lowest BCUT2D eigenvalue weighted by molar-refractivity contribution is -0.111. The molecule has 264 valence electrons. The van der Waals surface area contributed by atoms with E-state index in [9.17, 15) is 14.4 Å². The number of methoxy groups -OCH3 is 2. The molecule has 2 aromatic carbocycles. The maximum absolute atomic E-state index is 14.5. The van der Waals surface area contributed by atoms with E-state index >= 15 is 0 Å². The number of amides is 2. The molecule has 50 heavy (non-hydrogen) atoms. The van der Waals surface area contributed by atoms with Gasteiger partial charge in [0.2, 0.25) is 5.91 Å². The van der Waals surface area contributed by atoms with Gasteiger partial charge in [0.05, 0.1) is 44.3 Å². The first-order chi connectivity index (χ1) is 23.9. The van der Waals surface area contributed by atoms with Crippen molar-refractivity contribution in [3.63, 3.8) is 0 Å². The lowest BCUT2D eigenvalue weighted by atomic mass is 10.0. The van der Waals surface area contributed by atoms with Crippen LogP contribution in [0.25, 0.3) is 22.0 Å². The predicted molar refractivity (Wildman–Crippen MR) is 195 cm³/mol. The normalized spacial score (nSPS) is 13.5. The van der Waals surface area contributed by atoms with E-state index in [4.69, 9.17) is 23.9 Å². The highest BCUT2D eigenvalue weighted by Gasteiger charge is 2.30. The Bertz CT molecular complexity index is 1920. The van der Waals surface area contributed by atoms with E-state index < -0.39 is 17.6 Å². The second-order valence-corrected chi connectivity index (χ2v) is 13.0. The Labute approximate surface area is 292 Å². The quantitative estimate of drug-likeness (QED) is 0.181. The van der Waals surface area contributed by atoms with E-state index in [1.165, 1.54) is 4.90 Å². The third-order valence-electron chi connectivity index (χ3n) is 8.30. The SMILES string of the molecule is C=CC(=O)Nc1cccc(C)c1N(C(=O)OC(C)(C)C)c1cc2c(cn1)cc(-c1cc(OC)cc(OC)c1)c(=O)n2CCCN1CCOCC1. The molecule has 0 radical (unpaired) electrons. The highest BCUT2D eigenvalue weighted by atomic mass is 16.6. The number of hydrogen-bond acceptors (Lipinski definition) is 9. The number of nitrogens with one attached hydrogen (secondary N) is 1. The van der Waals surface area contributed by atoms with Crippen molar-refractivity contribution in [1.29, 1.82) is 0 Å². The molecule has 1 saturated heterocycles. The molecule has 4 aromatic rings. The van der Waals surface area contributed by atoms with Crippen LogP contribution < -0.4 is 25.2 Å². The molecule has 12 nitrogen and oxygen atoms in total. The van der Waals surface area contributed by atoms with Gasteiger partial charge in [0.25, 0.3) is 5.56 Å². The van der Waals surface area contributed by atoms with E-state index in [-0.39, 0.29) is 11.4 Å². The molecule has 0 unspecified atom stereocenters. The van der Waals surface area contributed by atoms with Crippen molar-refractivity contribution in [3.05, 3.63) is 83.3 Å². The molecule has 1 fully saturated rings. The number of benzene rings is 2. The molecule has 12 heteroatoms. The van der Waals surface area contributed by atoms with Crippen molar-refractivity contribution >= 4 is 40.1 Å². The van der Waals surface area contributed by atoms with Crippen LogP contribution >= 0.6 is 0 Å². The maximum atomic E-state index is 14.5. The van der Waals surface area contributed by atoms with E-state index in [2.05, 4.69) is 16.8 Å². The Kier molecular flexibility index (Phi) is 11.2. The standard InChI is InChI=1S/C38H45N5O7/c1-8-34(44)40-31-12-9-11-25(2)35(31)43(37(46)50-38(3,4)5)33-23-32-27(24-39-33)21-30(26-19-28(47-6)22-29(20-26)48-7)36(45)42(32)14-10-13-41-15-17-49-18-16-41/h8-9,11-12,19-24H,1,10,13-18H2,2-7H3,(H,40,44). The number of carbonyl (C=O) groups excluding carboxylic acids is 2. The number of pyridine rings is 2. The number of para-hydroxylation sites is 1. The number of rotatable bonds is 11. The highest BCUT2D eigenvalue weighted by molar-refractivity contribution is 6.06. The molecule has 5 rings (SSSR count). The van der Waals surface area contributed by atoms with E-state index in [0.717, 1.165) is 25.7 Å². The predicted octanol–water partition coefficient (Wildman–Crippen LogP) is 6.31. The summed E-state index contributed by atoms with van der Waals surface area (Å²) in [5, 5.41) is 3.49. The highest BCUT2D eigenvalue weighted by Crippen LogP contribution is 2.37. The summed E-state index contributed by atoms with van der Waals surface area (Å²) in [6.07, 6.45) is 2.79. The maximum Gasteiger partial charge on any atom is 0.420 e. The van der Waals surface area contributed by atoms with Crippen molar-refractivity contribution in [2.45, 2.75) is 46.3 Å². The number of nitrogens with zero attached hydrogens (tertiary/aromatic N) is 4. The van der Waals surface area contributed by atoms with Crippen LogP contribution in [0.15, 0.2) is 72.2 Å². The first kappa shape index (κ1) is 36.1. The fourth-order valence-corrected chi connectivity index (χ4v) is 5.90. The number of fused-ring (bicyclic) bond motifs is 1. The van der Waals surface area contributed by atoms with Gasteiger partial charge in [-0.05, 0) is 75.6 Å². The minimum Gasteiger partial charge on any atom is -0.497 e. The first-order valence-electron chi connectivity index (χ1n) is 16.6. The average molecular weight is 684 g/mol. The van der Waals surface area contributed by atoms with Gasteiger partial charge in [0.15, 0.2) is 0 Å². The summed E-state index contributed by atoms with van der Waals surface area (Å²) in [6, 6.07) is 14.2. The molecule has 0 bridgehead atoms. The van der Waals surface area contributed by atoms with Crippen molar-refractivity contribution in [3.8, 4) is 22.6 Å². The molecule has 2 amide bonds. The largest absolute Gasteiger partial charge is 0.497 e. The fourth-order valence-electron chi connectivity index (χ4n) is 5.90. The summed E-state index contributed by atoms with van der Waals surface area (Å²) < 4.78 is 24.1. The first-order valence-corrected chi connectivity index (χ1v) is 16.6. The summed E-state index contributed by atoms with van der Waals surface area (Å²) in [5.41, 5.74) is 2.05. The molecule has 3 heterocycles. The van der Waals surface area contributed by atoms with Crippen LogP contribution in [0.1, 0.15) is 32.8 Å². The molecule has 0 aliphatic carbocycles. The lowest BCUT2D eigenvalue weighted by Gasteiger charge is -2.29. The Morgan fingerprint density at radius 2 is 1.74 bits per heavy atom. The van der Waals surface area contributed by atoms with Crippen LogP contribution in [0.4, 0.5) is 22.0 Å². The van der Waals surface area contributed by atoms with Gasteiger partial charge in [-0.25, -0.2) is 14.7 Å². The molecule has 0 saturated carbocycles. The molecule has 2 aromatic heterocycles.